The van der Waals surface area contributed by atoms with Crippen LogP contribution in [0.2, 0.25) is 0 Å². The molecule has 3 aromatic carbocycles. The molecule has 0 saturated heterocycles. The Kier molecular flexibility index (Phi) is 9.62. The Morgan fingerprint density at radius 2 is 1.62 bits per heavy atom. The van der Waals surface area contributed by atoms with Gasteiger partial charge in [-0.1, -0.05) is 18.2 Å². The first kappa shape index (κ1) is 28.5. The van der Waals surface area contributed by atoms with Crippen LogP contribution >= 0.6 is 11.7 Å². The molecule has 0 bridgehead atoms. The molecule has 0 aliphatic carbocycles. The molecule has 4 rings (SSSR count). The zero-order chi connectivity index (χ0) is 25.8. The summed E-state index contributed by atoms with van der Waals surface area (Å²) in [5.41, 5.74) is 3.48. The predicted molar refractivity (Wildman–Crippen MR) is 137 cm³/mol. The maximum Gasteiger partial charge on any atom is 1.00 e. The van der Waals surface area contributed by atoms with Crippen LogP contribution in [0.15, 0.2) is 66.2 Å². The Labute approximate surface area is 241 Å². The Bertz CT molecular complexity index is 1460. The van der Waals surface area contributed by atoms with E-state index in [1.54, 1.807) is 55.6 Å². The summed E-state index contributed by atoms with van der Waals surface area (Å²) >= 11 is 1.04. The fourth-order valence-electron chi connectivity index (χ4n) is 4.02. The summed E-state index contributed by atoms with van der Waals surface area (Å²) in [5.74, 6) is -0.515. The van der Waals surface area contributed by atoms with Crippen LogP contribution in [0.4, 0.5) is 0 Å². The number of ether oxygens (including phenoxy) is 2. The second-order valence-corrected chi connectivity index (χ2v) is 9.14. The average molecular weight is 525 g/mol. The molecule has 0 saturated carbocycles. The third-order valence-corrected chi connectivity index (χ3v) is 6.21. The van der Waals surface area contributed by atoms with Crippen molar-refractivity contribution in [2.24, 2.45) is 0 Å². The quantitative estimate of drug-likeness (QED) is 0.185. The first-order valence-corrected chi connectivity index (χ1v) is 12.1. The van der Waals surface area contributed by atoms with Crippen molar-refractivity contribution in [1.29, 1.82) is 0 Å². The Morgan fingerprint density at radius 1 is 0.946 bits per heavy atom. The molecule has 0 aliphatic rings. The number of Topliss-reactive ketones (excluding diaryl/α,β-unsaturated/α-hetero) is 1. The molecule has 0 atom stereocenters. The molecule has 0 amide bonds. The van der Waals surface area contributed by atoms with Crippen LogP contribution in [0.25, 0.3) is 16.6 Å². The molecule has 0 aliphatic heterocycles. The minimum Gasteiger partial charge on any atom is -0.545 e. The van der Waals surface area contributed by atoms with E-state index in [0.717, 1.165) is 22.9 Å². The number of aryl methyl sites for hydroxylation is 1. The molecular formula is C28H25N2NaO5S. The topological polar surface area (TPSA) is 101 Å². The molecule has 4 aromatic rings. The fraction of sp³-hybridized carbons (Fsp3) is 0.214. The van der Waals surface area contributed by atoms with Gasteiger partial charge in [-0.2, -0.15) is 8.75 Å². The van der Waals surface area contributed by atoms with Crippen molar-refractivity contribution in [3.63, 3.8) is 0 Å². The number of hydrogen-bond donors (Lipinski definition) is 0. The van der Waals surface area contributed by atoms with Gasteiger partial charge in [0.15, 0.2) is 5.78 Å². The molecule has 0 spiro atoms. The number of fused-ring (bicyclic) bond motifs is 1. The SMILES string of the molecule is COc1ccc(C/C(C(=O)c2ccc(OC(C)C)cc2)=C(\C(=O)[O-])c2ccc3nsnc3c2)cc1C.[Na+]. The maximum atomic E-state index is 13.8. The molecule has 0 fully saturated rings. The second kappa shape index (κ2) is 12.5. The smallest absolute Gasteiger partial charge is 0.545 e. The van der Waals surface area contributed by atoms with Gasteiger partial charge in [-0.25, -0.2) is 0 Å². The summed E-state index contributed by atoms with van der Waals surface area (Å²) in [6.45, 7) is 5.72. The Morgan fingerprint density at radius 3 is 2.24 bits per heavy atom. The molecule has 1 heterocycles. The van der Waals surface area contributed by atoms with Gasteiger partial charge in [0.1, 0.15) is 22.5 Å². The van der Waals surface area contributed by atoms with E-state index < -0.39 is 11.8 Å². The molecule has 0 N–H and O–H groups in total. The van der Waals surface area contributed by atoms with Crippen molar-refractivity contribution in [2.45, 2.75) is 33.3 Å². The van der Waals surface area contributed by atoms with Gasteiger partial charge in [0.05, 0.1) is 30.9 Å². The molecular weight excluding hydrogens is 499 g/mol. The number of carboxylic acids is 1. The predicted octanol–water partition coefficient (Wildman–Crippen LogP) is 1.43. The van der Waals surface area contributed by atoms with Crippen LogP contribution in [0.1, 0.15) is 40.9 Å². The largest absolute Gasteiger partial charge is 1.00 e. The first-order chi connectivity index (χ1) is 17.3. The number of methoxy groups -OCH3 is 1. The number of rotatable bonds is 9. The Balaban J connectivity index is 0.00000380. The van der Waals surface area contributed by atoms with E-state index in [9.17, 15) is 14.7 Å². The second-order valence-electron chi connectivity index (χ2n) is 8.61. The number of carboxylic acid groups (broad SMARTS) is 1. The number of allylic oxidation sites excluding steroid dienone is 1. The van der Waals surface area contributed by atoms with Crippen molar-refractivity contribution in [2.75, 3.05) is 7.11 Å². The van der Waals surface area contributed by atoms with Gasteiger partial charge in [-0.3, -0.25) is 4.79 Å². The first-order valence-electron chi connectivity index (χ1n) is 11.4. The van der Waals surface area contributed by atoms with E-state index in [4.69, 9.17) is 9.47 Å². The van der Waals surface area contributed by atoms with Gasteiger partial charge >= 0.3 is 29.6 Å². The van der Waals surface area contributed by atoms with Crippen LogP contribution in [0.5, 0.6) is 11.5 Å². The number of aliphatic carboxylic acids is 1. The summed E-state index contributed by atoms with van der Waals surface area (Å²) in [6.07, 6.45) is 0.0741. The van der Waals surface area contributed by atoms with Crippen LogP contribution < -0.4 is 44.1 Å². The molecule has 0 radical (unpaired) electrons. The van der Waals surface area contributed by atoms with Crippen molar-refractivity contribution in [3.8, 4) is 11.5 Å². The average Bonchev–Trinajstić information content (AvgIpc) is 3.31. The minimum atomic E-state index is -1.44. The third kappa shape index (κ3) is 6.64. The number of carbonyl (C=O) groups excluding carboxylic acids is 2. The van der Waals surface area contributed by atoms with E-state index in [2.05, 4.69) is 8.75 Å². The molecule has 0 unspecified atom stereocenters. The van der Waals surface area contributed by atoms with Gasteiger partial charge < -0.3 is 19.4 Å². The number of aromatic nitrogens is 2. The zero-order valence-corrected chi connectivity index (χ0v) is 24.2. The minimum absolute atomic E-state index is 0. The van der Waals surface area contributed by atoms with Crippen LogP contribution in [0, 0.1) is 6.92 Å². The zero-order valence-electron chi connectivity index (χ0n) is 21.4. The third-order valence-electron chi connectivity index (χ3n) is 5.65. The molecule has 37 heavy (non-hydrogen) atoms. The standard InChI is InChI=1S/C28H26N2O5S.Na/c1-16(2)35-21-9-6-19(7-10-21)27(31)22(14-18-5-12-25(34-4)17(3)13-18)26(28(32)33)20-8-11-23-24(15-20)30-36-29-23;/h5-13,15-16H,14H2,1-4H3,(H,32,33);/q;+1/p-1/b26-22+;. The van der Waals surface area contributed by atoms with E-state index in [0.29, 0.717) is 33.7 Å². The van der Waals surface area contributed by atoms with Crippen LogP contribution in [-0.4, -0.2) is 33.7 Å². The van der Waals surface area contributed by atoms with Gasteiger partial charge in [0.25, 0.3) is 0 Å². The van der Waals surface area contributed by atoms with Gasteiger partial charge in [0, 0.05) is 23.1 Å². The molecule has 1 aromatic heterocycles. The number of carbonyl (C=O) groups is 2. The normalized spacial score (nSPS) is 11.6. The molecule has 184 valence electrons. The summed E-state index contributed by atoms with van der Waals surface area (Å²) in [5, 5.41) is 12.5. The van der Waals surface area contributed by atoms with E-state index >= 15 is 0 Å². The fourth-order valence-corrected chi connectivity index (χ4v) is 4.54. The summed E-state index contributed by atoms with van der Waals surface area (Å²) in [4.78, 5) is 26.3. The Hall–Kier alpha value is -3.04. The van der Waals surface area contributed by atoms with Gasteiger partial charge in [0.2, 0.25) is 0 Å². The molecule has 7 nitrogen and oxygen atoms in total. The van der Waals surface area contributed by atoms with Crippen molar-refractivity contribution in [1.82, 2.24) is 8.75 Å². The summed E-state index contributed by atoms with van der Waals surface area (Å²) in [6, 6.07) is 17.1. The molecule has 9 heteroatoms. The number of ketones is 1. The van der Waals surface area contributed by atoms with E-state index in [-0.39, 0.29) is 53.2 Å². The maximum absolute atomic E-state index is 13.8. The monoisotopic (exact) mass is 524 g/mol. The summed E-state index contributed by atoms with van der Waals surface area (Å²) < 4.78 is 19.4. The number of hydrogen-bond acceptors (Lipinski definition) is 8. The summed E-state index contributed by atoms with van der Waals surface area (Å²) in [7, 11) is 1.58. The van der Waals surface area contributed by atoms with Crippen LogP contribution in [-0.2, 0) is 11.2 Å². The van der Waals surface area contributed by atoms with Gasteiger partial charge in [-0.05, 0) is 79.9 Å². The van der Waals surface area contributed by atoms with E-state index in [1.807, 2.05) is 32.9 Å². The van der Waals surface area contributed by atoms with Crippen molar-refractivity contribution < 1.29 is 53.7 Å². The van der Waals surface area contributed by atoms with Crippen LogP contribution in [0.3, 0.4) is 0 Å². The van der Waals surface area contributed by atoms with Crippen molar-refractivity contribution in [3.05, 3.63) is 88.5 Å². The number of nitrogens with zero attached hydrogens (tertiary/aromatic N) is 2. The number of benzene rings is 3. The van der Waals surface area contributed by atoms with Crippen molar-refractivity contribution >= 4 is 40.1 Å². The van der Waals surface area contributed by atoms with Gasteiger partial charge in [-0.15, -0.1) is 0 Å². The van der Waals surface area contributed by atoms with E-state index in [1.165, 1.54) is 0 Å².